The molecule has 1 aliphatic rings. The summed E-state index contributed by atoms with van der Waals surface area (Å²) in [7, 11) is 0. The molecular weight excluding hydrogens is 292 g/mol. The summed E-state index contributed by atoms with van der Waals surface area (Å²) in [6.45, 7) is 5.00. The van der Waals surface area contributed by atoms with Crippen molar-refractivity contribution in [1.82, 2.24) is 15.1 Å². The van der Waals surface area contributed by atoms with Gasteiger partial charge in [0.05, 0.1) is 17.8 Å². The lowest BCUT2D eigenvalue weighted by molar-refractivity contribution is -0.118. The van der Waals surface area contributed by atoms with Crippen molar-refractivity contribution in [2.24, 2.45) is 5.92 Å². The summed E-state index contributed by atoms with van der Waals surface area (Å²) in [6, 6.07) is 1.87. The van der Waals surface area contributed by atoms with Crippen LogP contribution in [0.4, 0.5) is 0 Å². The van der Waals surface area contributed by atoms with Crippen molar-refractivity contribution in [1.29, 1.82) is 5.41 Å². The number of allylic oxidation sites excluding steroid dienone is 3. The largest absolute Gasteiger partial charge is 0.490 e. The van der Waals surface area contributed by atoms with Gasteiger partial charge in [0.1, 0.15) is 12.4 Å². The molecule has 0 radical (unpaired) electrons. The molecule has 0 saturated carbocycles. The predicted molar refractivity (Wildman–Crippen MR) is 88.8 cm³/mol. The van der Waals surface area contributed by atoms with Crippen LogP contribution < -0.4 is 5.32 Å². The Bertz CT molecular complexity index is 642. The maximum Gasteiger partial charge on any atom is 0.169 e. The maximum absolute atomic E-state index is 12.2. The van der Waals surface area contributed by atoms with Crippen LogP contribution in [0.5, 0.6) is 0 Å². The zero-order valence-electron chi connectivity index (χ0n) is 13.5. The molecule has 1 aliphatic heterocycles. The molecule has 6 heteroatoms. The monoisotopic (exact) mass is 314 g/mol. The Balaban J connectivity index is 1.93. The van der Waals surface area contributed by atoms with E-state index in [9.17, 15) is 4.79 Å². The standard InChI is InChI=1S/C17H22N4O2/c1-3-13(2)17(22)15(11-18)16-6-5-14(12-19-16)23-10-9-21-8-4-7-20-21/h4-8,11-13,18-19H,3,9-10H2,1-2H3/b16-15+,18-11?. The number of dihydropyridines is 1. The zero-order valence-corrected chi connectivity index (χ0v) is 13.5. The van der Waals surface area contributed by atoms with Crippen LogP contribution in [0.15, 0.2) is 53.8 Å². The number of ketones is 1. The van der Waals surface area contributed by atoms with Gasteiger partial charge >= 0.3 is 0 Å². The molecule has 2 rings (SSSR count). The average Bonchev–Trinajstić information content (AvgIpc) is 3.09. The van der Waals surface area contributed by atoms with Gasteiger partial charge < -0.3 is 15.5 Å². The van der Waals surface area contributed by atoms with Crippen LogP contribution in [0.25, 0.3) is 0 Å². The van der Waals surface area contributed by atoms with Crippen LogP contribution in [0.3, 0.4) is 0 Å². The number of nitrogens with one attached hydrogen (secondary N) is 2. The minimum absolute atomic E-state index is 0.0221. The average molecular weight is 314 g/mol. The fourth-order valence-electron chi connectivity index (χ4n) is 2.09. The Hall–Kier alpha value is -2.63. The molecule has 0 spiro atoms. The second-order valence-corrected chi connectivity index (χ2v) is 5.29. The Morgan fingerprint density at radius 3 is 2.91 bits per heavy atom. The third kappa shape index (κ3) is 4.42. The van der Waals surface area contributed by atoms with Gasteiger partial charge in [-0.25, -0.2) is 0 Å². The highest BCUT2D eigenvalue weighted by Gasteiger charge is 2.18. The first kappa shape index (κ1) is 16.7. The third-order valence-corrected chi connectivity index (χ3v) is 3.69. The number of hydrogen-bond donors (Lipinski definition) is 2. The highest BCUT2D eigenvalue weighted by Crippen LogP contribution is 2.16. The summed E-state index contributed by atoms with van der Waals surface area (Å²) >= 11 is 0. The number of rotatable bonds is 8. The Kier molecular flexibility index (Phi) is 5.91. The fraction of sp³-hybridized carbons (Fsp3) is 0.353. The molecule has 6 nitrogen and oxygen atoms in total. The topological polar surface area (TPSA) is 80.0 Å². The van der Waals surface area contributed by atoms with Gasteiger partial charge in [-0.05, 0) is 24.6 Å². The van der Waals surface area contributed by atoms with Crippen LogP contribution in [-0.2, 0) is 16.1 Å². The number of hydrogen-bond acceptors (Lipinski definition) is 5. The lowest BCUT2D eigenvalue weighted by atomic mass is 9.95. The van der Waals surface area contributed by atoms with Gasteiger partial charge in [0, 0.05) is 30.7 Å². The van der Waals surface area contributed by atoms with Crippen molar-refractivity contribution in [3.8, 4) is 0 Å². The van der Waals surface area contributed by atoms with Crippen molar-refractivity contribution in [3.63, 3.8) is 0 Å². The second-order valence-electron chi connectivity index (χ2n) is 5.29. The van der Waals surface area contributed by atoms with Crippen LogP contribution >= 0.6 is 0 Å². The number of Topliss-reactive ketones (excluding diaryl/α,β-unsaturated/α-hetero) is 1. The molecule has 122 valence electrons. The van der Waals surface area contributed by atoms with Crippen molar-refractivity contribution in [3.05, 3.63) is 53.8 Å². The first-order chi connectivity index (χ1) is 11.2. The van der Waals surface area contributed by atoms with E-state index in [2.05, 4.69) is 10.4 Å². The van der Waals surface area contributed by atoms with E-state index >= 15 is 0 Å². The minimum Gasteiger partial charge on any atom is -0.490 e. The Morgan fingerprint density at radius 1 is 1.52 bits per heavy atom. The summed E-state index contributed by atoms with van der Waals surface area (Å²) in [5.74, 6) is 0.567. The molecule has 0 fully saturated rings. The number of carbonyl (C=O) groups excluding carboxylic acids is 1. The van der Waals surface area contributed by atoms with Crippen LogP contribution in [-0.4, -0.2) is 28.4 Å². The van der Waals surface area contributed by atoms with Crippen molar-refractivity contribution in [2.45, 2.75) is 26.8 Å². The maximum atomic E-state index is 12.2. The highest BCUT2D eigenvalue weighted by molar-refractivity contribution is 6.14. The van der Waals surface area contributed by atoms with E-state index in [1.54, 1.807) is 29.2 Å². The first-order valence-electron chi connectivity index (χ1n) is 7.69. The number of carbonyl (C=O) groups is 1. The van der Waals surface area contributed by atoms with Gasteiger partial charge in [0.2, 0.25) is 0 Å². The fourth-order valence-corrected chi connectivity index (χ4v) is 2.09. The van der Waals surface area contributed by atoms with Gasteiger partial charge in [-0.2, -0.15) is 5.10 Å². The third-order valence-electron chi connectivity index (χ3n) is 3.69. The Morgan fingerprint density at radius 2 is 2.35 bits per heavy atom. The lowest BCUT2D eigenvalue weighted by Gasteiger charge is -2.16. The lowest BCUT2D eigenvalue weighted by Crippen LogP contribution is -2.21. The van der Waals surface area contributed by atoms with Crippen LogP contribution in [0.1, 0.15) is 20.3 Å². The molecule has 2 heterocycles. The van der Waals surface area contributed by atoms with E-state index in [1.807, 2.05) is 26.1 Å². The van der Waals surface area contributed by atoms with E-state index in [0.29, 0.717) is 30.2 Å². The molecule has 1 unspecified atom stereocenters. The molecule has 1 aromatic heterocycles. The molecule has 2 N–H and O–H groups in total. The SMILES string of the molecule is CCC(C)C(=O)/C(C=N)=C1\C=CC(OCCn2cccn2)=CN1. The predicted octanol–water partition coefficient (Wildman–Crippen LogP) is 2.42. The van der Waals surface area contributed by atoms with Gasteiger partial charge in [0.15, 0.2) is 5.78 Å². The summed E-state index contributed by atoms with van der Waals surface area (Å²) in [5.41, 5.74) is 1.02. The molecule has 0 bridgehead atoms. The van der Waals surface area contributed by atoms with Crippen molar-refractivity contribution >= 4 is 12.0 Å². The highest BCUT2D eigenvalue weighted by atomic mass is 16.5. The van der Waals surface area contributed by atoms with Crippen molar-refractivity contribution in [2.75, 3.05) is 6.61 Å². The van der Waals surface area contributed by atoms with E-state index in [1.165, 1.54) is 0 Å². The van der Waals surface area contributed by atoms with Crippen LogP contribution in [0, 0.1) is 11.3 Å². The molecular formula is C17H22N4O2. The molecule has 23 heavy (non-hydrogen) atoms. The molecule has 1 aromatic rings. The number of aromatic nitrogens is 2. The second kappa shape index (κ2) is 8.12. The van der Waals surface area contributed by atoms with Gasteiger partial charge in [-0.15, -0.1) is 0 Å². The van der Waals surface area contributed by atoms with Crippen LogP contribution in [0.2, 0.25) is 0 Å². The van der Waals surface area contributed by atoms with E-state index in [4.69, 9.17) is 10.1 Å². The molecule has 0 saturated heterocycles. The summed E-state index contributed by atoms with van der Waals surface area (Å²) in [4.78, 5) is 12.2. The number of nitrogens with zero attached hydrogens (tertiary/aromatic N) is 2. The Labute approximate surface area is 136 Å². The van der Waals surface area contributed by atoms with Gasteiger partial charge in [-0.3, -0.25) is 9.48 Å². The normalized spacial score (nSPS) is 17.0. The van der Waals surface area contributed by atoms with Crippen molar-refractivity contribution < 1.29 is 9.53 Å². The van der Waals surface area contributed by atoms with E-state index < -0.39 is 0 Å². The van der Waals surface area contributed by atoms with Gasteiger partial charge in [0.25, 0.3) is 0 Å². The molecule has 0 aromatic carbocycles. The smallest absolute Gasteiger partial charge is 0.169 e. The quantitative estimate of drug-likeness (QED) is 0.570. The summed E-state index contributed by atoms with van der Waals surface area (Å²) in [5, 5.41) is 14.6. The molecule has 0 aliphatic carbocycles. The molecule has 1 atom stereocenters. The molecule has 0 amide bonds. The first-order valence-corrected chi connectivity index (χ1v) is 7.69. The van der Waals surface area contributed by atoms with Gasteiger partial charge in [-0.1, -0.05) is 13.8 Å². The number of ether oxygens (including phenoxy) is 1. The van der Waals surface area contributed by atoms with E-state index in [-0.39, 0.29) is 11.7 Å². The summed E-state index contributed by atoms with van der Waals surface area (Å²) in [6.07, 6.45) is 10.7. The van der Waals surface area contributed by atoms with E-state index in [0.717, 1.165) is 12.6 Å². The summed E-state index contributed by atoms with van der Waals surface area (Å²) < 4.78 is 7.43. The minimum atomic E-state index is -0.0926. The zero-order chi connectivity index (χ0) is 16.7.